The van der Waals surface area contributed by atoms with Gasteiger partial charge in [-0.25, -0.2) is 0 Å². The number of ether oxygens (including phenoxy) is 2. The van der Waals surface area contributed by atoms with E-state index in [1.807, 2.05) is 25.1 Å². The summed E-state index contributed by atoms with van der Waals surface area (Å²) in [5.74, 6) is 1.39. The van der Waals surface area contributed by atoms with Crippen LogP contribution < -0.4 is 15.0 Å². The standard InChI is InChI=1S/C17H22N2O3S/c1-4-8-22-14-7-6-11(10-15(14)21-3)9-12-13(5-2)18-17(23)19-16(12)20/h6-7,10H,4-5,8-9H2,1-3H3,(H2,18,19,20,23). The van der Waals surface area contributed by atoms with Gasteiger partial charge in [-0.1, -0.05) is 19.9 Å². The Bertz CT molecular complexity index is 780. The number of rotatable bonds is 7. The fraction of sp³-hybridized carbons (Fsp3) is 0.412. The van der Waals surface area contributed by atoms with Crippen molar-refractivity contribution in [1.82, 2.24) is 9.97 Å². The van der Waals surface area contributed by atoms with Gasteiger partial charge < -0.3 is 14.5 Å². The van der Waals surface area contributed by atoms with Gasteiger partial charge in [0, 0.05) is 17.7 Å². The normalized spacial score (nSPS) is 10.6. The van der Waals surface area contributed by atoms with Crippen molar-refractivity contribution >= 4 is 12.2 Å². The van der Waals surface area contributed by atoms with Crippen LogP contribution in [0.1, 0.15) is 37.1 Å². The van der Waals surface area contributed by atoms with Gasteiger partial charge in [0.15, 0.2) is 16.3 Å². The smallest absolute Gasteiger partial charge is 0.255 e. The maximum atomic E-state index is 12.2. The number of methoxy groups -OCH3 is 1. The summed E-state index contributed by atoms with van der Waals surface area (Å²) in [5, 5.41) is 0. The molecule has 0 bridgehead atoms. The molecule has 1 aromatic carbocycles. The number of aromatic amines is 2. The summed E-state index contributed by atoms with van der Waals surface area (Å²) in [4.78, 5) is 17.9. The third-order valence-corrected chi connectivity index (χ3v) is 3.76. The minimum absolute atomic E-state index is 0.143. The molecule has 2 aromatic rings. The van der Waals surface area contributed by atoms with E-state index >= 15 is 0 Å². The maximum absolute atomic E-state index is 12.2. The fourth-order valence-corrected chi connectivity index (χ4v) is 2.62. The molecule has 6 heteroatoms. The topological polar surface area (TPSA) is 67.1 Å². The lowest BCUT2D eigenvalue weighted by Crippen LogP contribution is -2.18. The number of benzene rings is 1. The van der Waals surface area contributed by atoms with Crippen LogP contribution in [0.3, 0.4) is 0 Å². The third-order valence-electron chi connectivity index (χ3n) is 3.55. The van der Waals surface area contributed by atoms with Gasteiger partial charge in [0.05, 0.1) is 13.7 Å². The van der Waals surface area contributed by atoms with Gasteiger partial charge in [0.2, 0.25) is 0 Å². The SMILES string of the molecule is CCCOc1ccc(Cc2c(CC)[nH]c(=S)[nH]c2=O)cc1OC. The molecule has 2 N–H and O–H groups in total. The Labute approximate surface area is 140 Å². The van der Waals surface area contributed by atoms with Crippen LogP contribution in [0.15, 0.2) is 23.0 Å². The quantitative estimate of drug-likeness (QED) is 0.762. The molecule has 0 amide bonds. The lowest BCUT2D eigenvalue weighted by Gasteiger charge is -2.12. The summed E-state index contributed by atoms with van der Waals surface area (Å²) in [7, 11) is 1.61. The van der Waals surface area contributed by atoms with E-state index in [1.54, 1.807) is 7.11 Å². The zero-order valence-corrected chi connectivity index (χ0v) is 14.5. The first-order valence-corrected chi connectivity index (χ1v) is 8.13. The molecule has 0 spiro atoms. The first kappa shape index (κ1) is 17.3. The van der Waals surface area contributed by atoms with Gasteiger partial charge in [-0.3, -0.25) is 9.78 Å². The number of aromatic nitrogens is 2. The third kappa shape index (κ3) is 4.22. The van der Waals surface area contributed by atoms with Crippen LogP contribution in [0.5, 0.6) is 11.5 Å². The van der Waals surface area contributed by atoms with E-state index in [0.29, 0.717) is 29.1 Å². The lowest BCUT2D eigenvalue weighted by molar-refractivity contribution is 0.294. The van der Waals surface area contributed by atoms with Crippen LogP contribution in [0.4, 0.5) is 0 Å². The van der Waals surface area contributed by atoms with Gasteiger partial charge in [-0.15, -0.1) is 0 Å². The Hall–Kier alpha value is -2.08. The Morgan fingerprint density at radius 2 is 1.96 bits per heavy atom. The molecule has 2 rings (SSSR count). The second-order valence-electron chi connectivity index (χ2n) is 5.23. The highest BCUT2D eigenvalue weighted by Gasteiger charge is 2.11. The van der Waals surface area contributed by atoms with Crippen molar-refractivity contribution < 1.29 is 9.47 Å². The van der Waals surface area contributed by atoms with E-state index in [9.17, 15) is 4.79 Å². The molecule has 0 aliphatic heterocycles. The van der Waals surface area contributed by atoms with Crippen LogP contribution >= 0.6 is 12.2 Å². The molecular formula is C17H22N2O3S. The zero-order chi connectivity index (χ0) is 16.8. The molecule has 0 radical (unpaired) electrons. The summed E-state index contributed by atoms with van der Waals surface area (Å²) in [6.07, 6.45) is 2.16. The Balaban J connectivity index is 2.34. The highest BCUT2D eigenvalue weighted by molar-refractivity contribution is 7.71. The van der Waals surface area contributed by atoms with Gasteiger partial charge in [-0.2, -0.15) is 0 Å². The molecule has 1 heterocycles. The Morgan fingerprint density at radius 1 is 1.17 bits per heavy atom. The molecule has 23 heavy (non-hydrogen) atoms. The van der Waals surface area contributed by atoms with Crippen molar-refractivity contribution in [3.05, 3.63) is 50.1 Å². The highest BCUT2D eigenvalue weighted by atomic mass is 32.1. The second kappa shape index (κ2) is 7.97. The zero-order valence-electron chi connectivity index (χ0n) is 13.7. The Morgan fingerprint density at radius 3 is 2.61 bits per heavy atom. The number of aryl methyl sites for hydroxylation is 1. The van der Waals surface area contributed by atoms with Crippen molar-refractivity contribution in [1.29, 1.82) is 0 Å². The molecule has 0 saturated heterocycles. The van der Waals surface area contributed by atoms with Gasteiger partial charge >= 0.3 is 0 Å². The van der Waals surface area contributed by atoms with E-state index in [0.717, 1.165) is 29.8 Å². The molecule has 0 fully saturated rings. The molecular weight excluding hydrogens is 312 g/mol. The highest BCUT2D eigenvalue weighted by Crippen LogP contribution is 2.29. The number of hydrogen-bond donors (Lipinski definition) is 2. The summed E-state index contributed by atoms with van der Waals surface area (Å²) >= 11 is 5.03. The van der Waals surface area contributed by atoms with E-state index in [-0.39, 0.29) is 5.56 Å². The fourth-order valence-electron chi connectivity index (χ4n) is 2.41. The molecule has 1 aromatic heterocycles. The number of H-pyrrole nitrogens is 2. The van der Waals surface area contributed by atoms with Gasteiger partial charge in [0.1, 0.15) is 0 Å². The van der Waals surface area contributed by atoms with Gasteiger partial charge in [-0.05, 0) is 42.8 Å². The maximum Gasteiger partial charge on any atom is 0.255 e. The summed E-state index contributed by atoms with van der Waals surface area (Å²) in [6.45, 7) is 4.69. The van der Waals surface area contributed by atoms with Crippen molar-refractivity contribution in [3.63, 3.8) is 0 Å². The number of nitrogens with one attached hydrogen (secondary N) is 2. The monoisotopic (exact) mass is 334 g/mol. The second-order valence-corrected chi connectivity index (χ2v) is 5.64. The minimum Gasteiger partial charge on any atom is -0.493 e. The van der Waals surface area contributed by atoms with Crippen LogP contribution in [0.2, 0.25) is 0 Å². The minimum atomic E-state index is -0.143. The predicted molar refractivity (Wildman–Crippen MR) is 93.2 cm³/mol. The van der Waals surface area contributed by atoms with Crippen LogP contribution in [0.25, 0.3) is 0 Å². The van der Waals surface area contributed by atoms with Crippen LogP contribution in [-0.4, -0.2) is 23.7 Å². The molecule has 0 atom stereocenters. The van der Waals surface area contributed by atoms with Gasteiger partial charge in [0.25, 0.3) is 5.56 Å². The summed E-state index contributed by atoms with van der Waals surface area (Å²) < 4.78 is 11.4. The first-order valence-electron chi connectivity index (χ1n) is 7.73. The molecule has 124 valence electrons. The van der Waals surface area contributed by atoms with E-state index in [1.165, 1.54) is 0 Å². The van der Waals surface area contributed by atoms with E-state index in [2.05, 4.69) is 16.9 Å². The molecule has 0 aliphatic rings. The van der Waals surface area contributed by atoms with Crippen molar-refractivity contribution in [2.75, 3.05) is 13.7 Å². The molecule has 0 aliphatic carbocycles. The predicted octanol–water partition coefficient (Wildman–Crippen LogP) is 3.38. The average Bonchev–Trinajstić information content (AvgIpc) is 2.55. The summed E-state index contributed by atoms with van der Waals surface area (Å²) in [6, 6.07) is 5.74. The summed E-state index contributed by atoms with van der Waals surface area (Å²) in [5.41, 5.74) is 2.40. The largest absolute Gasteiger partial charge is 0.493 e. The molecule has 0 saturated carbocycles. The molecule has 5 nitrogen and oxygen atoms in total. The lowest BCUT2D eigenvalue weighted by atomic mass is 10.0. The average molecular weight is 334 g/mol. The number of hydrogen-bond acceptors (Lipinski definition) is 4. The van der Waals surface area contributed by atoms with Crippen molar-refractivity contribution in [2.45, 2.75) is 33.1 Å². The van der Waals surface area contributed by atoms with Crippen molar-refractivity contribution in [2.24, 2.45) is 0 Å². The van der Waals surface area contributed by atoms with Crippen LogP contribution in [0, 0.1) is 4.77 Å². The molecule has 0 unspecified atom stereocenters. The Kier molecular flexibility index (Phi) is 5.98. The first-order chi connectivity index (χ1) is 11.1. The van der Waals surface area contributed by atoms with E-state index < -0.39 is 0 Å². The van der Waals surface area contributed by atoms with E-state index in [4.69, 9.17) is 21.7 Å². The van der Waals surface area contributed by atoms with Crippen molar-refractivity contribution in [3.8, 4) is 11.5 Å². The van der Waals surface area contributed by atoms with Crippen LogP contribution in [-0.2, 0) is 12.8 Å².